The smallest absolute Gasteiger partial charge is 0.193 e. The number of hydrogen-bond donors (Lipinski definition) is 1. The molecule has 1 atom stereocenters. The van der Waals surface area contributed by atoms with E-state index in [1.807, 2.05) is 18.4 Å². The molecule has 4 fully saturated rings. The van der Waals surface area contributed by atoms with E-state index in [4.69, 9.17) is 0 Å². The van der Waals surface area contributed by atoms with Crippen molar-refractivity contribution >= 4 is 57.2 Å². The third kappa shape index (κ3) is 5.57. The van der Waals surface area contributed by atoms with Crippen LogP contribution >= 0.6 is 51.2 Å². The molecule has 0 spiro atoms. The molecule has 1 N–H and O–H groups in total. The molecule has 1 aromatic heterocycles. The molecular formula is C18H30BrIN6S. The molecule has 0 amide bonds. The van der Waals surface area contributed by atoms with Crippen molar-refractivity contribution in [2.45, 2.75) is 12.6 Å². The predicted molar refractivity (Wildman–Crippen MR) is 127 cm³/mol. The van der Waals surface area contributed by atoms with Crippen LogP contribution in [-0.4, -0.2) is 104 Å². The number of rotatable bonds is 4. The van der Waals surface area contributed by atoms with E-state index in [-0.39, 0.29) is 24.0 Å². The lowest BCUT2D eigenvalue weighted by Crippen LogP contribution is -2.64. The van der Waals surface area contributed by atoms with Gasteiger partial charge in [-0.05, 0) is 28.1 Å². The highest BCUT2D eigenvalue weighted by molar-refractivity contribution is 14.0. The highest BCUT2D eigenvalue weighted by Gasteiger charge is 2.32. The van der Waals surface area contributed by atoms with Gasteiger partial charge in [-0.25, -0.2) is 0 Å². The van der Waals surface area contributed by atoms with Crippen LogP contribution in [0.1, 0.15) is 4.88 Å². The molecule has 0 radical (unpaired) electrons. The summed E-state index contributed by atoms with van der Waals surface area (Å²) in [5, 5.41) is 3.65. The van der Waals surface area contributed by atoms with E-state index < -0.39 is 0 Å². The van der Waals surface area contributed by atoms with E-state index in [0.29, 0.717) is 6.04 Å². The monoisotopic (exact) mass is 568 g/mol. The van der Waals surface area contributed by atoms with Gasteiger partial charge in [-0.15, -0.1) is 35.3 Å². The lowest BCUT2D eigenvalue weighted by atomic mass is 10.1. The van der Waals surface area contributed by atoms with Gasteiger partial charge in [0.05, 0.1) is 3.79 Å². The molecule has 6 nitrogen and oxygen atoms in total. The summed E-state index contributed by atoms with van der Waals surface area (Å²) in [4.78, 5) is 16.2. The molecule has 152 valence electrons. The van der Waals surface area contributed by atoms with Crippen LogP contribution in [0, 0.1) is 0 Å². The minimum atomic E-state index is 0. The van der Waals surface area contributed by atoms with E-state index in [2.05, 4.69) is 58.0 Å². The molecule has 4 saturated heterocycles. The number of nitrogens with one attached hydrogen (secondary N) is 1. The summed E-state index contributed by atoms with van der Waals surface area (Å²) in [5.41, 5.74) is 0. The molecule has 0 saturated carbocycles. The van der Waals surface area contributed by atoms with Crippen molar-refractivity contribution in [3.8, 4) is 0 Å². The van der Waals surface area contributed by atoms with Gasteiger partial charge >= 0.3 is 0 Å². The van der Waals surface area contributed by atoms with Crippen molar-refractivity contribution in [2.75, 3.05) is 72.5 Å². The average Bonchev–Trinajstić information content (AvgIpc) is 3.09. The van der Waals surface area contributed by atoms with Crippen molar-refractivity contribution in [3.05, 3.63) is 20.8 Å². The lowest BCUT2D eigenvalue weighted by molar-refractivity contribution is 0.0151. The Morgan fingerprint density at radius 2 is 1.89 bits per heavy atom. The van der Waals surface area contributed by atoms with Gasteiger partial charge in [-0.1, -0.05) is 0 Å². The summed E-state index contributed by atoms with van der Waals surface area (Å²) in [5.74, 6) is 1.07. The zero-order valence-electron chi connectivity index (χ0n) is 15.9. The number of aliphatic imine (C=N–C) groups is 1. The number of piperazine rings is 4. The summed E-state index contributed by atoms with van der Waals surface area (Å²) >= 11 is 5.40. The number of fused-ring (bicyclic) bond motifs is 3. The molecule has 1 aromatic rings. The SMILES string of the molecule is CN=C(NCC1CN2CCN1CC2)N1CCN(Cc2ccc(Br)s2)CC1.I. The first-order valence-electron chi connectivity index (χ1n) is 9.60. The maximum absolute atomic E-state index is 4.55. The van der Waals surface area contributed by atoms with E-state index in [9.17, 15) is 0 Å². The number of guanidine groups is 1. The molecule has 9 heteroatoms. The van der Waals surface area contributed by atoms with E-state index in [0.717, 1.165) is 45.2 Å². The molecule has 5 rings (SSSR count). The second-order valence-electron chi connectivity index (χ2n) is 7.39. The van der Waals surface area contributed by atoms with Gasteiger partial charge < -0.3 is 10.2 Å². The molecule has 0 aliphatic carbocycles. The first-order valence-corrected chi connectivity index (χ1v) is 11.2. The van der Waals surface area contributed by atoms with Crippen molar-refractivity contribution in [1.29, 1.82) is 0 Å². The van der Waals surface area contributed by atoms with Gasteiger partial charge in [-0.2, -0.15) is 0 Å². The Balaban J connectivity index is 0.00000210. The third-order valence-electron chi connectivity index (χ3n) is 5.78. The fourth-order valence-corrected chi connectivity index (χ4v) is 5.76. The molecule has 5 heterocycles. The zero-order valence-corrected chi connectivity index (χ0v) is 20.7. The second-order valence-corrected chi connectivity index (χ2v) is 9.94. The summed E-state index contributed by atoms with van der Waals surface area (Å²) in [6, 6.07) is 5.00. The first-order chi connectivity index (χ1) is 12.7. The number of nitrogens with zero attached hydrogens (tertiary/aromatic N) is 5. The largest absolute Gasteiger partial charge is 0.355 e. The summed E-state index contributed by atoms with van der Waals surface area (Å²) < 4.78 is 1.22. The predicted octanol–water partition coefficient (Wildman–Crippen LogP) is 1.82. The van der Waals surface area contributed by atoms with Gasteiger partial charge in [-0.3, -0.25) is 19.7 Å². The molecular weight excluding hydrogens is 539 g/mol. The number of thiophene rings is 1. The van der Waals surface area contributed by atoms with E-state index >= 15 is 0 Å². The normalized spacial score (nSPS) is 28.9. The zero-order chi connectivity index (χ0) is 17.9. The Morgan fingerprint density at radius 3 is 2.44 bits per heavy atom. The fraction of sp³-hybridized carbons (Fsp3) is 0.722. The Labute approximate surface area is 192 Å². The number of hydrogen-bond acceptors (Lipinski definition) is 5. The van der Waals surface area contributed by atoms with E-state index in [1.54, 1.807) is 0 Å². The van der Waals surface area contributed by atoms with Crippen LogP contribution < -0.4 is 5.32 Å². The molecule has 2 bridgehead atoms. The van der Waals surface area contributed by atoms with Gasteiger partial charge in [0.1, 0.15) is 0 Å². The highest BCUT2D eigenvalue weighted by Crippen LogP contribution is 2.23. The van der Waals surface area contributed by atoms with Crippen molar-refractivity contribution in [2.24, 2.45) is 4.99 Å². The van der Waals surface area contributed by atoms with Crippen LogP contribution in [0.3, 0.4) is 0 Å². The molecule has 0 aromatic carbocycles. The second kappa shape index (κ2) is 10.2. The topological polar surface area (TPSA) is 37.4 Å². The van der Waals surface area contributed by atoms with Crippen molar-refractivity contribution < 1.29 is 0 Å². The molecule has 4 aliphatic rings. The van der Waals surface area contributed by atoms with Crippen LogP contribution in [0.4, 0.5) is 0 Å². The Kier molecular flexibility index (Phi) is 8.22. The van der Waals surface area contributed by atoms with Crippen LogP contribution in [0.15, 0.2) is 20.9 Å². The third-order valence-corrected chi connectivity index (χ3v) is 7.39. The Bertz CT molecular complexity index is 625. The van der Waals surface area contributed by atoms with Crippen LogP contribution in [-0.2, 0) is 6.54 Å². The fourth-order valence-electron chi connectivity index (χ4n) is 4.23. The quantitative estimate of drug-likeness (QED) is 0.341. The van der Waals surface area contributed by atoms with Gasteiger partial charge in [0, 0.05) is 90.0 Å². The molecule has 1 unspecified atom stereocenters. The van der Waals surface area contributed by atoms with Gasteiger partial charge in [0.25, 0.3) is 0 Å². The number of halogens is 2. The highest BCUT2D eigenvalue weighted by atomic mass is 127. The summed E-state index contributed by atoms with van der Waals surface area (Å²) in [6.07, 6.45) is 0. The van der Waals surface area contributed by atoms with Crippen molar-refractivity contribution in [1.82, 2.24) is 24.9 Å². The Hall–Kier alpha value is 0.0600. The van der Waals surface area contributed by atoms with E-state index in [1.165, 1.54) is 41.4 Å². The van der Waals surface area contributed by atoms with Crippen molar-refractivity contribution in [3.63, 3.8) is 0 Å². The molecule has 27 heavy (non-hydrogen) atoms. The van der Waals surface area contributed by atoms with Crippen LogP contribution in [0.2, 0.25) is 0 Å². The summed E-state index contributed by atoms with van der Waals surface area (Å²) in [7, 11) is 1.91. The standard InChI is InChI=1S/C18H29BrN6S.HI/c1-20-18(21-12-15-13-22-4-8-24(15)9-5-22)25-10-6-23(7-11-25)14-16-2-3-17(19)26-16;/h2-3,15H,4-14H2,1H3,(H,20,21);1H. The van der Waals surface area contributed by atoms with Crippen LogP contribution in [0.25, 0.3) is 0 Å². The molecule has 4 aliphatic heterocycles. The lowest BCUT2D eigenvalue weighted by Gasteiger charge is -2.47. The minimum Gasteiger partial charge on any atom is -0.355 e. The minimum absolute atomic E-state index is 0. The van der Waals surface area contributed by atoms with Gasteiger partial charge in [0.2, 0.25) is 0 Å². The van der Waals surface area contributed by atoms with Crippen LogP contribution in [0.5, 0.6) is 0 Å². The maximum Gasteiger partial charge on any atom is 0.193 e. The van der Waals surface area contributed by atoms with Gasteiger partial charge in [0.15, 0.2) is 5.96 Å². The maximum atomic E-state index is 4.55. The first kappa shape index (κ1) is 21.8. The Morgan fingerprint density at radius 1 is 1.15 bits per heavy atom. The average molecular weight is 569 g/mol. The summed E-state index contributed by atoms with van der Waals surface area (Å²) in [6.45, 7) is 12.5.